The van der Waals surface area contributed by atoms with Gasteiger partial charge in [-0.25, -0.2) is 23.5 Å². The fourth-order valence-electron chi connectivity index (χ4n) is 4.60. The van der Waals surface area contributed by atoms with Gasteiger partial charge in [-0.15, -0.1) is 23.1 Å². The van der Waals surface area contributed by atoms with E-state index >= 15 is 0 Å². The predicted molar refractivity (Wildman–Crippen MR) is 155 cm³/mol. The maximum absolute atomic E-state index is 13.3. The van der Waals surface area contributed by atoms with E-state index in [1.807, 2.05) is 45.8 Å². The Labute approximate surface area is 269 Å². The molecule has 0 spiro atoms. The number of β-lactam (4-membered cyclic amide) rings is 1. The summed E-state index contributed by atoms with van der Waals surface area (Å²) in [6, 6.07) is 4.62. The van der Waals surface area contributed by atoms with Crippen molar-refractivity contribution in [1.82, 2.24) is 19.8 Å². The van der Waals surface area contributed by atoms with Crippen molar-refractivity contribution in [3.63, 3.8) is 0 Å². The number of amides is 2. The molecule has 0 aromatic carbocycles. The molecule has 0 bridgehead atoms. The van der Waals surface area contributed by atoms with E-state index in [2.05, 4.69) is 15.5 Å². The molecular formula is C25H27N7NaO7S2+. The summed E-state index contributed by atoms with van der Waals surface area (Å²) < 4.78 is 3.80. The first-order valence-corrected chi connectivity index (χ1v) is 14.5. The van der Waals surface area contributed by atoms with Gasteiger partial charge in [0.1, 0.15) is 41.7 Å². The van der Waals surface area contributed by atoms with Crippen LogP contribution < -0.4 is 15.5 Å². The number of nitrogens with one attached hydrogen (secondary N) is 1. The number of carbonyl (C=O) groups is 4. The number of carbonyl (C=O) groups excluding carboxylic acids is 2. The van der Waals surface area contributed by atoms with Gasteiger partial charge in [-0.2, -0.15) is 0 Å². The van der Waals surface area contributed by atoms with Gasteiger partial charge >= 0.3 is 41.5 Å². The van der Waals surface area contributed by atoms with Crippen molar-refractivity contribution in [3.05, 3.63) is 59.1 Å². The molecule has 216 valence electrons. The van der Waals surface area contributed by atoms with Crippen molar-refractivity contribution < 1.29 is 38.6 Å². The average molecular weight is 625 g/mol. The number of hydrogen-bond donors (Lipinski definition) is 4. The summed E-state index contributed by atoms with van der Waals surface area (Å²) >= 11 is 2.37. The number of carboxylic acid groups (broad SMARTS) is 2. The third-order valence-electron chi connectivity index (χ3n) is 6.54. The number of rotatable bonds is 11. The number of hydrogen-bond acceptors (Lipinski definition) is 10. The molecule has 3 aromatic rings. The summed E-state index contributed by atoms with van der Waals surface area (Å²) in [5.74, 6) is -3.59. The number of anilines is 1. The van der Waals surface area contributed by atoms with E-state index < -0.39 is 41.3 Å². The minimum absolute atomic E-state index is 0. The molecule has 2 aliphatic heterocycles. The standard InChI is InChI=1S/C25H25N7O7S2.Na.H/c1-2-5-15(23(35)36)39-29-17(14-12-41-25(26)27-14)20(33)28-18-21(34)32-19(24(37)38)13(11-40-22(18)32)10-31-9-8-30-7-4-3-6-16(30)31;;/h3-4,6-9,12,15,18,22H,2,5,10-11H2,1H3,(H4-,26,27,28,33,35,36,37,38);;/p+1/b29-17-;;/t15?,18-,22-;;/m1../s1. The second-order valence-corrected chi connectivity index (χ2v) is 11.2. The third kappa shape index (κ3) is 6.17. The molecular weight excluding hydrogens is 597 g/mol. The van der Waals surface area contributed by atoms with Crippen LogP contribution in [0.5, 0.6) is 0 Å². The van der Waals surface area contributed by atoms with Gasteiger partial charge in [-0.05, 0) is 12.5 Å². The first kappa shape index (κ1) is 31.5. The Kier molecular flexibility index (Phi) is 9.93. The number of fused-ring (bicyclic) bond motifs is 2. The summed E-state index contributed by atoms with van der Waals surface area (Å²) in [6.07, 6.45) is 4.95. The SMILES string of the molecule is CCCC(O/N=C(\C(=O)N[C@@H]1C(=O)N2C(C(=O)O)=C(Cn3cc[n+]4ccccc34)CS[C@H]12)c1csc(N)n1)C(=O)O.[NaH]. The summed E-state index contributed by atoms with van der Waals surface area (Å²) in [6.45, 7) is 2.04. The number of aromatic nitrogens is 3. The minimum atomic E-state index is -1.29. The van der Waals surface area contributed by atoms with E-state index in [4.69, 9.17) is 10.6 Å². The normalized spacial score (nSPS) is 19.0. The quantitative estimate of drug-likeness (QED) is 0.0744. The van der Waals surface area contributed by atoms with Gasteiger partial charge in [0.05, 0.1) is 6.20 Å². The molecule has 1 fully saturated rings. The van der Waals surface area contributed by atoms with Gasteiger partial charge < -0.3 is 26.1 Å². The first-order chi connectivity index (χ1) is 19.7. The third-order valence-corrected chi connectivity index (χ3v) is 8.56. The number of thiazole rings is 1. The van der Waals surface area contributed by atoms with E-state index in [9.17, 15) is 29.4 Å². The fraction of sp³-hybridized carbons (Fsp3) is 0.320. The molecule has 0 aliphatic carbocycles. The fourth-order valence-corrected chi connectivity index (χ4v) is 6.48. The molecule has 3 atom stereocenters. The van der Waals surface area contributed by atoms with E-state index in [1.54, 1.807) is 6.92 Å². The number of imidazole rings is 1. The van der Waals surface area contributed by atoms with Gasteiger partial charge in [0.15, 0.2) is 10.8 Å². The number of oxime groups is 1. The molecule has 1 unspecified atom stereocenters. The average Bonchev–Trinajstić information content (AvgIpc) is 3.56. The second kappa shape index (κ2) is 13.2. The van der Waals surface area contributed by atoms with Crippen molar-refractivity contribution in [2.75, 3.05) is 11.5 Å². The van der Waals surface area contributed by atoms with Crippen LogP contribution in [0.15, 0.2) is 58.6 Å². The van der Waals surface area contributed by atoms with E-state index in [1.165, 1.54) is 22.0 Å². The molecule has 42 heavy (non-hydrogen) atoms. The number of aliphatic carboxylic acids is 2. The Morgan fingerprint density at radius 2 is 2.10 bits per heavy atom. The number of nitrogens with zero attached hydrogens (tertiary/aromatic N) is 5. The van der Waals surface area contributed by atoms with Crippen LogP contribution in [-0.2, 0) is 30.6 Å². The van der Waals surface area contributed by atoms with Crippen LogP contribution in [0.2, 0.25) is 0 Å². The topological polar surface area (TPSA) is 194 Å². The zero-order valence-electron chi connectivity index (χ0n) is 21.7. The Morgan fingerprint density at radius 1 is 1.31 bits per heavy atom. The predicted octanol–water partition coefficient (Wildman–Crippen LogP) is 0.0298. The molecule has 5 N–H and O–H groups in total. The van der Waals surface area contributed by atoms with Crippen molar-refractivity contribution in [1.29, 1.82) is 0 Å². The molecule has 5 rings (SSSR count). The van der Waals surface area contributed by atoms with E-state index in [0.29, 0.717) is 17.7 Å². The maximum atomic E-state index is 13.3. The van der Waals surface area contributed by atoms with Crippen LogP contribution >= 0.6 is 23.1 Å². The number of thioether (sulfide) groups is 1. The van der Waals surface area contributed by atoms with Crippen molar-refractivity contribution in [3.8, 4) is 0 Å². The number of nitrogens with two attached hydrogens (primary N) is 1. The summed E-state index contributed by atoms with van der Waals surface area (Å²) in [7, 11) is 0. The van der Waals surface area contributed by atoms with Crippen molar-refractivity contribution in [2.24, 2.45) is 5.16 Å². The number of pyridine rings is 1. The van der Waals surface area contributed by atoms with E-state index in [-0.39, 0.29) is 64.8 Å². The Bertz CT molecular complexity index is 1600. The molecule has 0 radical (unpaired) electrons. The van der Waals surface area contributed by atoms with Crippen LogP contribution in [0, 0.1) is 0 Å². The molecule has 3 aromatic heterocycles. The van der Waals surface area contributed by atoms with E-state index in [0.717, 1.165) is 17.0 Å². The number of nitrogen functional groups attached to an aromatic ring is 1. The monoisotopic (exact) mass is 624 g/mol. The zero-order chi connectivity index (χ0) is 29.3. The molecule has 2 amide bonds. The first-order valence-electron chi connectivity index (χ1n) is 12.5. The molecule has 17 heteroatoms. The van der Waals surface area contributed by atoms with Gasteiger partial charge in [0.2, 0.25) is 6.10 Å². The summed E-state index contributed by atoms with van der Waals surface area (Å²) in [5.41, 5.74) is 6.72. The molecule has 14 nitrogen and oxygen atoms in total. The zero-order valence-corrected chi connectivity index (χ0v) is 23.3. The molecule has 1 saturated heterocycles. The van der Waals surface area contributed by atoms with Gasteiger partial charge in [-0.1, -0.05) is 24.6 Å². The van der Waals surface area contributed by atoms with Gasteiger partial charge in [-0.3, -0.25) is 14.5 Å². The van der Waals surface area contributed by atoms with Crippen LogP contribution in [-0.4, -0.2) is 107 Å². The van der Waals surface area contributed by atoms with Gasteiger partial charge in [0, 0.05) is 22.8 Å². The Balaban J connectivity index is 0.00000405. The van der Waals surface area contributed by atoms with Crippen LogP contribution in [0.3, 0.4) is 0 Å². The molecule has 0 saturated carbocycles. The van der Waals surface area contributed by atoms with Crippen LogP contribution in [0.4, 0.5) is 5.13 Å². The van der Waals surface area contributed by atoms with Crippen molar-refractivity contribution in [2.45, 2.75) is 43.8 Å². The van der Waals surface area contributed by atoms with Crippen LogP contribution in [0.1, 0.15) is 25.5 Å². The molecule has 5 heterocycles. The Hall–Kier alpha value is -3.44. The van der Waals surface area contributed by atoms with Crippen molar-refractivity contribution >= 4 is 92.9 Å². The van der Waals surface area contributed by atoms with Crippen LogP contribution in [0.25, 0.3) is 5.65 Å². The summed E-state index contributed by atoms with van der Waals surface area (Å²) in [5, 5.41) is 26.7. The summed E-state index contributed by atoms with van der Waals surface area (Å²) in [4.78, 5) is 60.7. The second-order valence-electron chi connectivity index (χ2n) is 9.24. The number of carboxylic acids is 2. The van der Waals surface area contributed by atoms with Gasteiger partial charge in [0.25, 0.3) is 17.5 Å². The Morgan fingerprint density at radius 3 is 2.76 bits per heavy atom. The molecule has 2 aliphatic rings.